The minimum atomic E-state index is -5.10. The van der Waals surface area contributed by atoms with Gasteiger partial charge in [-0.2, -0.15) is 13.2 Å². The van der Waals surface area contributed by atoms with Gasteiger partial charge in [-0.15, -0.1) is 0 Å². The molecular formula is C15H14F3NO4. The minimum Gasteiger partial charge on any atom is -0.463 e. The predicted molar refractivity (Wildman–Crippen MR) is 72.0 cm³/mol. The van der Waals surface area contributed by atoms with E-state index in [0.29, 0.717) is 5.69 Å². The van der Waals surface area contributed by atoms with Gasteiger partial charge >= 0.3 is 12.1 Å². The fraction of sp³-hybridized carbons (Fsp3) is 0.333. The van der Waals surface area contributed by atoms with Crippen LogP contribution in [0.3, 0.4) is 0 Å². The van der Waals surface area contributed by atoms with E-state index in [1.54, 1.807) is 18.2 Å². The first kappa shape index (κ1) is 17.0. The molecule has 2 aromatic heterocycles. The second kappa shape index (κ2) is 6.41. The number of aromatic nitrogens is 1. The molecule has 0 spiro atoms. The van der Waals surface area contributed by atoms with Crippen molar-refractivity contribution in [2.24, 2.45) is 0 Å². The molecule has 2 heterocycles. The second-order valence-corrected chi connectivity index (χ2v) is 4.93. The Balaban J connectivity index is 2.11. The third-order valence-corrected chi connectivity index (χ3v) is 3.12. The summed E-state index contributed by atoms with van der Waals surface area (Å²) < 4.78 is 49.2. The molecule has 2 rings (SSSR count). The first-order valence-corrected chi connectivity index (χ1v) is 6.64. The molecule has 0 unspecified atom stereocenters. The zero-order chi connectivity index (χ0) is 17.1. The Morgan fingerprint density at radius 2 is 2.04 bits per heavy atom. The van der Waals surface area contributed by atoms with Gasteiger partial charge in [0, 0.05) is 6.20 Å². The molecule has 0 aromatic carbocycles. The van der Waals surface area contributed by atoms with Gasteiger partial charge in [0.05, 0.1) is 12.1 Å². The van der Waals surface area contributed by atoms with Crippen LogP contribution in [0.1, 0.15) is 23.6 Å². The summed E-state index contributed by atoms with van der Waals surface area (Å²) in [5, 5.41) is 9.96. The Hall–Kier alpha value is -2.35. The van der Waals surface area contributed by atoms with E-state index in [1.165, 1.54) is 19.2 Å². The number of carbonyl (C=O) groups is 1. The van der Waals surface area contributed by atoms with Crippen molar-refractivity contribution in [3.63, 3.8) is 0 Å². The number of aliphatic hydroxyl groups is 1. The molecule has 0 saturated heterocycles. The van der Waals surface area contributed by atoms with Gasteiger partial charge in [0.25, 0.3) is 0 Å². The van der Waals surface area contributed by atoms with E-state index in [2.05, 4.69) is 4.98 Å². The number of hydrogen-bond acceptors (Lipinski definition) is 5. The molecule has 2 aromatic rings. The smallest absolute Gasteiger partial charge is 0.425 e. The summed E-state index contributed by atoms with van der Waals surface area (Å²) in [6, 6.07) is 7.10. The number of hydrogen-bond donors (Lipinski definition) is 1. The number of halogens is 3. The molecule has 1 atom stereocenters. The minimum absolute atomic E-state index is 0.185. The molecule has 0 bridgehead atoms. The molecule has 0 amide bonds. The molecule has 5 nitrogen and oxygen atoms in total. The topological polar surface area (TPSA) is 72.6 Å². The highest BCUT2D eigenvalue weighted by Gasteiger charge is 2.58. The summed E-state index contributed by atoms with van der Waals surface area (Å²) in [6.45, 7) is 1.14. The Morgan fingerprint density at radius 1 is 1.30 bits per heavy atom. The number of carbonyl (C=O) groups excluding carboxylic acids is 1. The molecule has 1 N–H and O–H groups in total. The fourth-order valence-electron chi connectivity index (χ4n) is 1.88. The predicted octanol–water partition coefficient (Wildman–Crippen LogP) is 2.87. The van der Waals surface area contributed by atoms with E-state index in [-0.39, 0.29) is 12.4 Å². The highest BCUT2D eigenvalue weighted by Crippen LogP contribution is 2.42. The maximum Gasteiger partial charge on any atom is 0.425 e. The van der Waals surface area contributed by atoms with Gasteiger partial charge in [-0.1, -0.05) is 6.07 Å². The Bertz CT molecular complexity index is 669. The van der Waals surface area contributed by atoms with Crippen LogP contribution in [0.15, 0.2) is 40.9 Å². The lowest BCUT2D eigenvalue weighted by Crippen LogP contribution is -2.44. The summed E-state index contributed by atoms with van der Waals surface area (Å²) in [4.78, 5) is 15.6. The maximum atomic E-state index is 13.2. The number of pyridine rings is 1. The van der Waals surface area contributed by atoms with Crippen LogP contribution < -0.4 is 0 Å². The van der Waals surface area contributed by atoms with Gasteiger partial charge in [-0.3, -0.25) is 9.78 Å². The number of nitrogens with zero attached hydrogens (tertiary/aromatic N) is 1. The van der Waals surface area contributed by atoms with Gasteiger partial charge in [0.15, 0.2) is 0 Å². The number of esters is 1. The van der Waals surface area contributed by atoms with Crippen molar-refractivity contribution in [3.8, 4) is 0 Å². The van der Waals surface area contributed by atoms with Crippen LogP contribution in [0.4, 0.5) is 13.2 Å². The van der Waals surface area contributed by atoms with Gasteiger partial charge in [0.2, 0.25) is 5.60 Å². The highest BCUT2D eigenvalue weighted by molar-refractivity contribution is 5.71. The molecule has 124 valence electrons. The van der Waals surface area contributed by atoms with Crippen LogP contribution >= 0.6 is 0 Å². The van der Waals surface area contributed by atoms with E-state index < -0.39 is 29.9 Å². The quantitative estimate of drug-likeness (QED) is 0.854. The van der Waals surface area contributed by atoms with Crippen LogP contribution in [0.25, 0.3) is 0 Å². The molecule has 0 fully saturated rings. The lowest BCUT2D eigenvalue weighted by molar-refractivity contribution is -0.275. The third-order valence-electron chi connectivity index (χ3n) is 3.12. The number of aryl methyl sites for hydroxylation is 1. The SMILES string of the molecule is Cc1ccc([C@](O)(CC(=O)OCc2ccccn2)C(F)(F)F)o1. The van der Waals surface area contributed by atoms with E-state index >= 15 is 0 Å². The average Bonchev–Trinajstić information content (AvgIpc) is 2.92. The monoisotopic (exact) mass is 329 g/mol. The fourth-order valence-corrected chi connectivity index (χ4v) is 1.88. The Kier molecular flexibility index (Phi) is 4.74. The number of rotatable bonds is 5. The molecule has 23 heavy (non-hydrogen) atoms. The molecular weight excluding hydrogens is 315 g/mol. The Labute approximate surface area is 129 Å². The van der Waals surface area contributed by atoms with E-state index in [4.69, 9.17) is 9.15 Å². The first-order chi connectivity index (χ1) is 10.7. The molecule has 0 saturated carbocycles. The van der Waals surface area contributed by atoms with Crippen molar-refractivity contribution < 1.29 is 32.2 Å². The molecule has 0 aliphatic rings. The second-order valence-electron chi connectivity index (χ2n) is 4.93. The van der Waals surface area contributed by atoms with Crippen LogP contribution in [0.2, 0.25) is 0 Å². The largest absolute Gasteiger partial charge is 0.463 e. The van der Waals surface area contributed by atoms with Crippen LogP contribution in [0.5, 0.6) is 0 Å². The van der Waals surface area contributed by atoms with E-state index in [9.17, 15) is 23.1 Å². The normalized spacial score (nSPS) is 14.3. The van der Waals surface area contributed by atoms with Crippen molar-refractivity contribution in [3.05, 3.63) is 53.7 Å². The number of furan rings is 1. The Morgan fingerprint density at radius 3 is 2.57 bits per heavy atom. The van der Waals surface area contributed by atoms with E-state index in [1.807, 2.05) is 0 Å². The number of alkyl halides is 3. The summed E-state index contributed by atoms with van der Waals surface area (Å²) in [7, 11) is 0. The molecule has 0 aliphatic carbocycles. The van der Waals surface area contributed by atoms with Gasteiger partial charge in [0.1, 0.15) is 18.1 Å². The molecule has 8 heteroatoms. The van der Waals surface area contributed by atoms with E-state index in [0.717, 1.165) is 6.07 Å². The van der Waals surface area contributed by atoms with Crippen molar-refractivity contribution in [1.29, 1.82) is 0 Å². The number of ether oxygens (including phenoxy) is 1. The highest BCUT2D eigenvalue weighted by atomic mass is 19.4. The van der Waals surface area contributed by atoms with Crippen molar-refractivity contribution in [2.45, 2.75) is 31.7 Å². The summed E-state index contributed by atoms with van der Waals surface area (Å²) >= 11 is 0. The molecule has 0 radical (unpaired) electrons. The summed E-state index contributed by atoms with van der Waals surface area (Å²) in [5.41, 5.74) is -3.06. The maximum absolute atomic E-state index is 13.2. The average molecular weight is 329 g/mol. The third kappa shape index (κ3) is 3.89. The molecule has 0 aliphatic heterocycles. The van der Waals surface area contributed by atoms with Crippen LogP contribution in [-0.2, 0) is 21.7 Å². The van der Waals surface area contributed by atoms with Gasteiger partial charge in [-0.05, 0) is 31.2 Å². The lowest BCUT2D eigenvalue weighted by atomic mass is 9.96. The lowest BCUT2D eigenvalue weighted by Gasteiger charge is -2.27. The zero-order valence-corrected chi connectivity index (χ0v) is 12.1. The van der Waals surface area contributed by atoms with Gasteiger partial charge in [-0.25, -0.2) is 0 Å². The van der Waals surface area contributed by atoms with Crippen molar-refractivity contribution in [1.82, 2.24) is 4.98 Å². The zero-order valence-electron chi connectivity index (χ0n) is 12.1. The van der Waals surface area contributed by atoms with Gasteiger partial charge < -0.3 is 14.3 Å². The first-order valence-electron chi connectivity index (χ1n) is 6.64. The van der Waals surface area contributed by atoms with Crippen molar-refractivity contribution in [2.75, 3.05) is 0 Å². The standard InChI is InChI=1S/C15H14F3NO4/c1-10-5-6-12(23-10)14(21,15(16,17)18)8-13(20)22-9-11-4-2-3-7-19-11/h2-7,21H,8-9H2,1H3/t14-/m1/s1. The van der Waals surface area contributed by atoms with Crippen LogP contribution in [0, 0.1) is 6.92 Å². The van der Waals surface area contributed by atoms with Crippen LogP contribution in [-0.4, -0.2) is 22.2 Å². The summed E-state index contributed by atoms with van der Waals surface area (Å²) in [6.07, 6.45) is -4.95. The summed E-state index contributed by atoms with van der Waals surface area (Å²) in [5.74, 6) is -1.79. The van der Waals surface area contributed by atoms with Crippen molar-refractivity contribution >= 4 is 5.97 Å².